The zero-order valence-electron chi connectivity index (χ0n) is 36.0. The molecular formula is C44H52N14O6. The number of anilines is 2. The van der Waals surface area contributed by atoms with Crippen LogP contribution in [0.5, 0.6) is 5.75 Å². The van der Waals surface area contributed by atoms with E-state index in [4.69, 9.17) is 30.9 Å². The lowest BCUT2D eigenvalue weighted by Gasteiger charge is -2.26. The number of rotatable bonds is 19. The largest absolute Gasteiger partial charge is 0.491 e. The molecule has 20 nitrogen and oxygen atoms in total. The highest BCUT2D eigenvalue weighted by molar-refractivity contribution is 6.04. The lowest BCUT2D eigenvalue weighted by Crippen LogP contribution is -2.37. The average molecular weight is 873 g/mol. The number of fused-ring (bicyclic) bond motifs is 2. The first-order valence-electron chi connectivity index (χ1n) is 21.9. The first-order chi connectivity index (χ1) is 31.1. The number of allylic oxidation sites excluding steroid dienone is 2. The third kappa shape index (κ3) is 8.96. The molecule has 64 heavy (non-hydrogen) atoms. The van der Waals surface area contributed by atoms with E-state index in [1.54, 1.807) is 21.3 Å². The number of imidazole rings is 4. The summed E-state index contributed by atoms with van der Waals surface area (Å²) in [5.41, 5.74) is 15.3. The van der Waals surface area contributed by atoms with Crippen LogP contribution < -0.4 is 26.8 Å². The van der Waals surface area contributed by atoms with Crippen LogP contribution in [0.4, 0.5) is 11.9 Å². The second-order valence-electron chi connectivity index (χ2n) is 16.4. The number of nitrogens with two attached hydrogens (primary N) is 2. The van der Waals surface area contributed by atoms with Gasteiger partial charge in [0.2, 0.25) is 23.7 Å². The van der Waals surface area contributed by atoms with E-state index in [1.807, 2.05) is 47.5 Å². The molecular weight excluding hydrogens is 821 g/mol. The molecule has 1 saturated heterocycles. The molecule has 3 aliphatic rings. The van der Waals surface area contributed by atoms with Crippen molar-refractivity contribution in [3.63, 3.8) is 0 Å². The van der Waals surface area contributed by atoms with Crippen molar-refractivity contribution in [1.29, 1.82) is 0 Å². The van der Waals surface area contributed by atoms with Crippen molar-refractivity contribution in [2.45, 2.75) is 84.0 Å². The standard InChI is InChI=1S/C44H52N14O6/c1-3-55-24-32(26-8-9-26)48-39(55)41(61)52-43-50-30-20-28(36(45)59)22-34(64-17-7-12-54-15-18-63-19-16-54)35(30)57(43)13-5-6-14-58-38-31(21-29(23-47-38)37(46)60)51-44(58)53-42(62)40-49-33(27-10-11-27)25-56(40)4-2/h5-6,20-27H,3-4,7-19H2,1-2H3,(H2,45,59)(H2,46,60)(H,50,52,61)(H,51,53,62)/b6-5+. The molecule has 20 heteroatoms. The summed E-state index contributed by atoms with van der Waals surface area (Å²) in [6.45, 7) is 9.64. The third-order valence-electron chi connectivity index (χ3n) is 11.8. The summed E-state index contributed by atoms with van der Waals surface area (Å²) in [6, 6.07) is 4.72. The van der Waals surface area contributed by atoms with E-state index in [0.29, 0.717) is 72.7 Å². The highest BCUT2D eigenvalue weighted by Crippen LogP contribution is 2.40. The first-order valence-corrected chi connectivity index (χ1v) is 21.9. The van der Waals surface area contributed by atoms with Crippen LogP contribution in [0.25, 0.3) is 22.2 Å². The van der Waals surface area contributed by atoms with Crippen LogP contribution in [-0.2, 0) is 30.9 Å². The number of morpholine rings is 1. The van der Waals surface area contributed by atoms with Gasteiger partial charge in [-0.25, -0.2) is 24.9 Å². The summed E-state index contributed by atoms with van der Waals surface area (Å²) in [5, 5.41) is 5.93. The van der Waals surface area contributed by atoms with E-state index >= 15 is 0 Å². The van der Waals surface area contributed by atoms with Gasteiger partial charge in [-0.3, -0.25) is 39.3 Å². The number of hydrogen-bond donors (Lipinski definition) is 4. The number of hydrogen-bond acceptors (Lipinski definition) is 12. The fourth-order valence-electron chi connectivity index (χ4n) is 8.01. The number of aryl methyl sites for hydroxylation is 2. The van der Waals surface area contributed by atoms with Crippen molar-refractivity contribution in [3.05, 3.63) is 83.1 Å². The lowest BCUT2D eigenvalue weighted by molar-refractivity contribution is 0.0358. The maximum Gasteiger partial charge on any atom is 0.293 e. The lowest BCUT2D eigenvalue weighted by atomic mass is 10.1. The van der Waals surface area contributed by atoms with Crippen molar-refractivity contribution in [2.75, 3.05) is 50.1 Å². The van der Waals surface area contributed by atoms with Crippen LogP contribution in [0.3, 0.4) is 0 Å². The number of ether oxygens (including phenoxy) is 2. The number of benzene rings is 1. The van der Waals surface area contributed by atoms with Gasteiger partial charge in [0.15, 0.2) is 17.3 Å². The summed E-state index contributed by atoms with van der Waals surface area (Å²) in [7, 11) is 0. The van der Waals surface area contributed by atoms with E-state index in [0.717, 1.165) is 63.1 Å². The van der Waals surface area contributed by atoms with Gasteiger partial charge in [-0.05, 0) is 64.2 Å². The Labute approximate surface area is 368 Å². The Balaban J connectivity index is 1.03. The first kappa shape index (κ1) is 42.4. The number of pyridine rings is 1. The van der Waals surface area contributed by atoms with E-state index in [9.17, 15) is 19.2 Å². The molecule has 0 spiro atoms. The van der Waals surface area contributed by atoms with Crippen LogP contribution in [0, 0.1) is 0 Å². The topological polar surface area (TPSA) is 250 Å². The minimum absolute atomic E-state index is 0.173. The molecule has 2 aliphatic carbocycles. The SMILES string of the molecule is CCn1cc(C2CC2)nc1C(=O)Nc1nc2cc(C(N)=O)cnc2n1C/C=C/Cn1c(NC(=O)c2nc(C3CC3)cn2CC)nc2cc(C(N)=O)cc(OCCCN3CCOCC3)c21. The molecule has 1 aliphatic heterocycles. The maximum atomic E-state index is 14.0. The molecule has 5 aromatic heterocycles. The quantitative estimate of drug-likeness (QED) is 0.0666. The van der Waals surface area contributed by atoms with Crippen molar-refractivity contribution in [1.82, 2.24) is 48.1 Å². The predicted octanol–water partition coefficient (Wildman–Crippen LogP) is 4.03. The number of nitrogens with zero attached hydrogens (tertiary/aromatic N) is 10. The second kappa shape index (κ2) is 18.0. The molecule has 1 aromatic carbocycles. The van der Waals surface area contributed by atoms with Crippen molar-refractivity contribution in [2.24, 2.45) is 11.5 Å². The number of carbonyl (C=O) groups excluding carboxylic acids is 4. The third-order valence-corrected chi connectivity index (χ3v) is 11.8. The summed E-state index contributed by atoms with van der Waals surface area (Å²) in [6.07, 6.45) is 13.9. The molecule has 6 aromatic rings. The number of aromatic nitrogens is 9. The van der Waals surface area contributed by atoms with Gasteiger partial charge in [-0.2, -0.15) is 0 Å². The van der Waals surface area contributed by atoms with Gasteiger partial charge >= 0.3 is 0 Å². The van der Waals surface area contributed by atoms with Crippen molar-refractivity contribution < 1.29 is 28.7 Å². The molecule has 6 heterocycles. The Hall–Kier alpha value is -6.93. The summed E-state index contributed by atoms with van der Waals surface area (Å²) in [4.78, 5) is 78.1. The summed E-state index contributed by atoms with van der Waals surface area (Å²) < 4.78 is 19.1. The number of amides is 4. The highest BCUT2D eigenvalue weighted by Gasteiger charge is 2.31. The molecule has 6 N–H and O–H groups in total. The minimum Gasteiger partial charge on any atom is -0.491 e. The Morgan fingerprint density at radius 3 is 1.91 bits per heavy atom. The number of carbonyl (C=O) groups is 4. The van der Waals surface area contributed by atoms with E-state index in [1.165, 1.54) is 12.3 Å². The average Bonchev–Trinajstić information content (AvgIpc) is 4.18. The summed E-state index contributed by atoms with van der Waals surface area (Å²) >= 11 is 0. The van der Waals surface area contributed by atoms with Crippen LogP contribution in [0.1, 0.15) is 111 Å². The van der Waals surface area contributed by atoms with Crippen molar-refractivity contribution >= 4 is 57.7 Å². The zero-order chi connectivity index (χ0) is 44.5. The van der Waals surface area contributed by atoms with Gasteiger partial charge < -0.3 is 34.6 Å². The van der Waals surface area contributed by atoms with Crippen LogP contribution in [0.15, 0.2) is 48.9 Å². The van der Waals surface area contributed by atoms with Crippen molar-refractivity contribution in [3.8, 4) is 5.75 Å². The molecule has 0 radical (unpaired) electrons. The monoisotopic (exact) mass is 872 g/mol. The fraction of sp³-hybridized carbons (Fsp3) is 0.432. The van der Waals surface area contributed by atoms with E-state index in [2.05, 4.69) is 30.5 Å². The normalized spacial score (nSPS) is 15.7. The molecule has 4 amide bonds. The van der Waals surface area contributed by atoms with Gasteiger partial charge in [-0.15, -0.1) is 0 Å². The molecule has 0 unspecified atom stereocenters. The van der Waals surface area contributed by atoms with E-state index < -0.39 is 23.6 Å². The number of nitrogens with one attached hydrogen (secondary N) is 2. The van der Waals surface area contributed by atoms with Gasteiger partial charge in [-0.1, -0.05) is 12.2 Å². The van der Waals surface area contributed by atoms with Crippen LogP contribution in [-0.4, -0.2) is 111 Å². The summed E-state index contributed by atoms with van der Waals surface area (Å²) in [5.74, 6) is -0.123. The fourth-order valence-corrected chi connectivity index (χ4v) is 8.01. The molecule has 9 rings (SSSR count). The van der Waals surface area contributed by atoms with E-state index in [-0.39, 0.29) is 47.8 Å². The van der Waals surface area contributed by atoms with Gasteiger partial charge in [0.1, 0.15) is 16.8 Å². The molecule has 0 bridgehead atoms. The van der Waals surface area contributed by atoms with Gasteiger partial charge in [0.05, 0.1) is 42.3 Å². The Morgan fingerprint density at radius 2 is 1.33 bits per heavy atom. The second-order valence-corrected chi connectivity index (χ2v) is 16.4. The predicted molar refractivity (Wildman–Crippen MR) is 236 cm³/mol. The molecule has 2 saturated carbocycles. The Bertz CT molecular complexity index is 2780. The zero-order valence-corrected chi connectivity index (χ0v) is 36.0. The Kier molecular flexibility index (Phi) is 11.9. The molecule has 0 atom stereocenters. The van der Waals surface area contributed by atoms with Crippen LogP contribution in [0.2, 0.25) is 0 Å². The number of primary amides is 2. The smallest absolute Gasteiger partial charge is 0.293 e. The highest BCUT2D eigenvalue weighted by atomic mass is 16.5. The van der Waals surface area contributed by atoms with Crippen LogP contribution >= 0.6 is 0 Å². The molecule has 3 fully saturated rings. The maximum absolute atomic E-state index is 14.0. The Morgan fingerprint density at radius 1 is 0.766 bits per heavy atom. The molecule has 334 valence electrons. The van der Waals surface area contributed by atoms with Gasteiger partial charge in [0.25, 0.3) is 11.8 Å². The minimum atomic E-state index is -0.659. The van der Waals surface area contributed by atoms with Gasteiger partial charge in [0, 0.05) is 81.8 Å².